The number of hydrogen-bond acceptors (Lipinski definition) is 4. The number of carbonyl (C=O) groups excluding carboxylic acids is 2. The number of ether oxygens (including phenoxy) is 2. The van der Waals surface area contributed by atoms with Gasteiger partial charge >= 0.3 is 0 Å². The third-order valence-electron chi connectivity index (χ3n) is 3.40. The van der Waals surface area contributed by atoms with Crippen LogP contribution in [0.3, 0.4) is 0 Å². The number of carbonyl (C=O) groups is 2. The highest BCUT2D eigenvalue weighted by Gasteiger charge is 2.15. The van der Waals surface area contributed by atoms with Gasteiger partial charge in [-0.3, -0.25) is 20.4 Å². The second-order valence-electron chi connectivity index (χ2n) is 5.53. The highest BCUT2D eigenvalue weighted by molar-refractivity contribution is 6.30. The fraction of sp³-hybridized carbons (Fsp3) is 0.200. The molecule has 0 radical (unpaired) electrons. The fourth-order valence-electron chi connectivity index (χ4n) is 2.09. The fourth-order valence-corrected chi connectivity index (χ4v) is 2.29. The van der Waals surface area contributed by atoms with Crippen molar-refractivity contribution in [2.45, 2.75) is 20.0 Å². The second kappa shape index (κ2) is 10.2. The molecule has 2 aromatic carbocycles. The van der Waals surface area contributed by atoms with Gasteiger partial charge in [0.1, 0.15) is 11.5 Å². The smallest absolute Gasteiger partial charge is 0.279 e. The monoisotopic (exact) mass is 388 g/mol. The third-order valence-corrected chi connectivity index (χ3v) is 3.64. The van der Waals surface area contributed by atoms with Crippen molar-refractivity contribution in [2.24, 2.45) is 0 Å². The first-order valence-electron chi connectivity index (χ1n) is 8.41. The predicted molar refractivity (Wildman–Crippen MR) is 104 cm³/mol. The molecule has 0 aromatic heterocycles. The third kappa shape index (κ3) is 7.03. The molecule has 7 heteroatoms. The molecule has 142 valence electrons. The topological polar surface area (TPSA) is 76.7 Å². The highest BCUT2D eigenvalue weighted by atomic mass is 35.5. The lowest BCUT2D eigenvalue weighted by Gasteiger charge is -2.15. The summed E-state index contributed by atoms with van der Waals surface area (Å²) in [6, 6.07) is 14.0. The van der Waals surface area contributed by atoms with Crippen molar-refractivity contribution < 1.29 is 19.1 Å². The molecule has 2 aromatic rings. The van der Waals surface area contributed by atoms with E-state index >= 15 is 0 Å². The van der Waals surface area contributed by atoms with Gasteiger partial charge in [-0.2, -0.15) is 0 Å². The molecule has 0 fully saturated rings. The molecule has 27 heavy (non-hydrogen) atoms. The lowest BCUT2D eigenvalue weighted by Crippen LogP contribution is -2.46. The molecule has 0 bridgehead atoms. The van der Waals surface area contributed by atoms with E-state index in [1.807, 2.05) is 6.92 Å². The number of benzene rings is 2. The lowest BCUT2D eigenvalue weighted by atomic mass is 10.2. The Balaban J connectivity index is 1.79. The molecule has 0 saturated carbocycles. The van der Waals surface area contributed by atoms with Crippen LogP contribution in [0.2, 0.25) is 5.02 Å². The van der Waals surface area contributed by atoms with E-state index in [0.717, 1.165) is 11.3 Å². The average Bonchev–Trinajstić information content (AvgIpc) is 2.66. The van der Waals surface area contributed by atoms with Crippen molar-refractivity contribution in [1.29, 1.82) is 0 Å². The van der Waals surface area contributed by atoms with E-state index in [2.05, 4.69) is 10.9 Å². The van der Waals surface area contributed by atoms with Crippen molar-refractivity contribution in [3.8, 4) is 11.5 Å². The van der Waals surface area contributed by atoms with Crippen molar-refractivity contribution >= 4 is 29.5 Å². The summed E-state index contributed by atoms with van der Waals surface area (Å²) in [5.74, 6) is 0.291. The van der Waals surface area contributed by atoms with Gasteiger partial charge in [-0.05, 0) is 61.9 Å². The van der Waals surface area contributed by atoms with Crippen LogP contribution in [-0.2, 0) is 9.59 Å². The van der Waals surface area contributed by atoms with Crippen LogP contribution in [-0.4, -0.2) is 24.5 Å². The van der Waals surface area contributed by atoms with Gasteiger partial charge < -0.3 is 9.47 Å². The van der Waals surface area contributed by atoms with Crippen LogP contribution in [0.4, 0.5) is 0 Å². The number of hydrazine groups is 1. The molecule has 0 aliphatic rings. The first-order chi connectivity index (χ1) is 13.0. The molecule has 0 aliphatic carbocycles. The Bertz CT molecular complexity index is 806. The van der Waals surface area contributed by atoms with Crippen LogP contribution >= 0.6 is 11.6 Å². The standard InChI is InChI=1S/C20H21ClN2O4/c1-3-26-17-8-10-18(11-9-17)27-14(2)20(25)23-22-19(24)12-7-15-5-4-6-16(21)13-15/h4-14H,3H2,1-2H3,(H,22,24)(H,23,25)/b12-7+. The normalized spacial score (nSPS) is 11.7. The van der Waals surface area contributed by atoms with Crippen molar-refractivity contribution in [2.75, 3.05) is 6.61 Å². The summed E-state index contributed by atoms with van der Waals surface area (Å²) in [7, 11) is 0. The van der Waals surface area contributed by atoms with Gasteiger partial charge in [0.25, 0.3) is 11.8 Å². The maximum absolute atomic E-state index is 12.0. The van der Waals surface area contributed by atoms with Gasteiger partial charge in [-0.15, -0.1) is 0 Å². The van der Waals surface area contributed by atoms with Gasteiger partial charge in [-0.1, -0.05) is 23.7 Å². The zero-order chi connectivity index (χ0) is 19.6. The minimum absolute atomic E-state index is 0.475. The van der Waals surface area contributed by atoms with E-state index in [9.17, 15) is 9.59 Å². The number of hydrogen-bond donors (Lipinski definition) is 2. The molecule has 1 unspecified atom stereocenters. The van der Waals surface area contributed by atoms with Crippen LogP contribution in [0.15, 0.2) is 54.6 Å². The quantitative estimate of drug-likeness (QED) is 0.563. The van der Waals surface area contributed by atoms with E-state index in [-0.39, 0.29) is 0 Å². The van der Waals surface area contributed by atoms with Crippen molar-refractivity contribution in [1.82, 2.24) is 10.9 Å². The molecule has 6 nitrogen and oxygen atoms in total. The summed E-state index contributed by atoms with van der Waals surface area (Å²) in [4.78, 5) is 23.8. The molecule has 2 rings (SSSR count). The van der Waals surface area contributed by atoms with Crippen molar-refractivity contribution in [3.63, 3.8) is 0 Å². The van der Waals surface area contributed by atoms with Gasteiger partial charge in [0.15, 0.2) is 6.10 Å². The summed E-state index contributed by atoms with van der Waals surface area (Å²) >= 11 is 5.88. The first-order valence-corrected chi connectivity index (χ1v) is 8.78. The maximum atomic E-state index is 12.0. The van der Waals surface area contributed by atoms with E-state index < -0.39 is 17.9 Å². The van der Waals surface area contributed by atoms with Crippen LogP contribution in [0.5, 0.6) is 11.5 Å². The largest absolute Gasteiger partial charge is 0.494 e. The molecule has 2 N–H and O–H groups in total. The zero-order valence-electron chi connectivity index (χ0n) is 15.1. The average molecular weight is 389 g/mol. The molecular formula is C20H21ClN2O4. The molecule has 1 atom stereocenters. The number of amides is 2. The zero-order valence-corrected chi connectivity index (χ0v) is 15.8. The summed E-state index contributed by atoms with van der Waals surface area (Å²) in [5, 5.41) is 0.575. The Hall–Kier alpha value is -2.99. The Morgan fingerprint density at radius 1 is 1.11 bits per heavy atom. The first kappa shape index (κ1) is 20.3. The number of rotatable bonds is 7. The molecule has 2 amide bonds. The minimum Gasteiger partial charge on any atom is -0.494 e. The lowest BCUT2D eigenvalue weighted by molar-refractivity contribution is -0.131. The Labute approximate surface area is 163 Å². The van der Waals surface area contributed by atoms with Crippen molar-refractivity contribution in [3.05, 3.63) is 65.2 Å². The Morgan fingerprint density at radius 3 is 2.48 bits per heavy atom. The van der Waals surface area contributed by atoms with Gasteiger partial charge in [0, 0.05) is 11.1 Å². The highest BCUT2D eigenvalue weighted by Crippen LogP contribution is 2.18. The molecular weight excluding hydrogens is 368 g/mol. The summed E-state index contributed by atoms with van der Waals surface area (Å²) in [6.07, 6.45) is 2.09. The van der Waals surface area contributed by atoms with Crippen LogP contribution < -0.4 is 20.3 Å². The Morgan fingerprint density at radius 2 is 1.81 bits per heavy atom. The van der Waals surface area contributed by atoms with Crippen LogP contribution in [0.25, 0.3) is 6.08 Å². The minimum atomic E-state index is -0.792. The Kier molecular flexibility index (Phi) is 7.70. The van der Waals surface area contributed by atoms with Gasteiger partial charge in [0.05, 0.1) is 6.61 Å². The van der Waals surface area contributed by atoms with Crippen LogP contribution in [0, 0.1) is 0 Å². The maximum Gasteiger partial charge on any atom is 0.279 e. The van der Waals surface area contributed by atoms with Gasteiger partial charge in [-0.25, -0.2) is 0 Å². The second-order valence-corrected chi connectivity index (χ2v) is 5.97. The van der Waals surface area contributed by atoms with E-state index in [1.54, 1.807) is 61.5 Å². The van der Waals surface area contributed by atoms with E-state index in [4.69, 9.17) is 21.1 Å². The molecule has 0 saturated heterocycles. The van der Waals surface area contributed by atoms with Crippen LogP contribution in [0.1, 0.15) is 19.4 Å². The molecule has 0 aliphatic heterocycles. The van der Waals surface area contributed by atoms with E-state index in [1.165, 1.54) is 6.08 Å². The molecule has 0 spiro atoms. The summed E-state index contributed by atoms with van der Waals surface area (Å²) in [6.45, 7) is 4.06. The van der Waals surface area contributed by atoms with E-state index in [0.29, 0.717) is 17.4 Å². The summed E-state index contributed by atoms with van der Waals surface area (Å²) in [5.41, 5.74) is 5.39. The predicted octanol–water partition coefficient (Wildman–Crippen LogP) is 3.37. The number of nitrogens with one attached hydrogen (secondary N) is 2. The number of halogens is 1. The molecule has 0 heterocycles. The summed E-state index contributed by atoms with van der Waals surface area (Å²) < 4.78 is 10.9. The van der Waals surface area contributed by atoms with Gasteiger partial charge in [0.2, 0.25) is 0 Å². The SMILES string of the molecule is CCOc1ccc(OC(C)C(=O)NNC(=O)/C=C/c2cccc(Cl)c2)cc1.